The minimum Gasteiger partial charge on any atom is -0.488 e. The van der Waals surface area contributed by atoms with Crippen LogP contribution < -0.4 is 20.3 Å². The first-order valence-corrected chi connectivity index (χ1v) is 15.0. The second-order valence-electron chi connectivity index (χ2n) is 10.1. The molecule has 10 nitrogen and oxygen atoms in total. The molecule has 1 saturated carbocycles. The number of hydrogen-bond donors (Lipinski definition) is 2. The Hall–Kier alpha value is -4.22. The molecule has 2 aromatic carbocycles. The number of anilines is 3. The van der Waals surface area contributed by atoms with Gasteiger partial charge < -0.3 is 20.3 Å². The Morgan fingerprint density at radius 2 is 1.82 bits per heavy atom. The molecule has 0 amide bonds. The van der Waals surface area contributed by atoms with Gasteiger partial charge >= 0.3 is 0 Å². The van der Waals surface area contributed by atoms with Gasteiger partial charge in [-0.15, -0.1) is 0 Å². The van der Waals surface area contributed by atoms with Gasteiger partial charge in [-0.05, 0) is 49.6 Å². The Balaban J connectivity index is 1.24. The van der Waals surface area contributed by atoms with Crippen LogP contribution in [0.15, 0.2) is 78.1 Å². The van der Waals surface area contributed by atoms with Gasteiger partial charge in [-0.25, -0.2) is 17.4 Å². The van der Waals surface area contributed by atoms with E-state index in [1.54, 1.807) is 36.7 Å². The van der Waals surface area contributed by atoms with E-state index < -0.39 is 10.0 Å². The summed E-state index contributed by atoms with van der Waals surface area (Å²) in [6.45, 7) is 3.77. The minimum absolute atomic E-state index is 0.121. The van der Waals surface area contributed by atoms with Crippen molar-refractivity contribution in [1.29, 1.82) is 0 Å². The third-order valence-corrected chi connectivity index (χ3v) is 9.26. The van der Waals surface area contributed by atoms with Crippen LogP contribution in [0, 0.1) is 0 Å². The van der Waals surface area contributed by atoms with Gasteiger partial charge in [-0.2, -0.15) is 4.98 Å². The second-order valence-corrected chi connectivity index (χ2v) is 11.9. The van der Waals surface area contributed by atoms with E-state index in [-0.39, 0.29) is 22.6 Å². The summed E-state index contributed by atoms with van der Waals surface area (Å²) in [4.78, 5) is 15.9. The molecule has 0 radical (unpaired) electrons. The number of nitrogens with zero attached hydrogens (tertiary/aromatic N) is 5. The van der Waals surface area contributed by atoms with E-state index in [9.17, 15) is 8.42 Å². The SMILES string of the molecule is O=S(=O)(c1cccc2cccnc12)n1ccc2cnc(Nc3ccc(N4CCNCC4)cc3OC3CCC3)nc21. The monoisotopic (exact) mass is 555 g/mol. The predicted octanol–water partition coefficient (Wildman–Crippen LogP) is 4.30. The van der Waals surface area contributed by atoms with Crippen LogP contribution in [0.3, 0.4) is 0 Å². The quantitative estimate of drug-likeness (QED) is 0.303. The van der Waals surface area contributed by atoms with Crippen LogP contribution in [-0.2, 0) is 10.0 Å². The van der Waals surface area contributed by atoms with Crippen LogP contribution in [0.4, 0.5) is 17.3 Å². The van der Waals surface area contributed by atoms with Gasteiger partial charge in [0.15, 0.2) is 5.65 Å². The molecule has 7 rings (SSSR count). The Morgan fingerprint density at radius 3 is 2.65 bits per heavy atom. The van der Waals surface area contributed by atoms with Crippen molar-refractivity contribution in [3.05, 3.63) is 73.2 Å². The Morgan fingerprint density at radius 1 is 0.975 bits per heavy atom. The summed E-state index contributed by atoms with van der Waals surface area (Å²) in [5.74, 6) is 1.03. The van der Waals surface area contributed by atoms with Crippen LogP contribution in [0.25, 0.3) is 21.9 Å². The van der Waals surface area contributed by atoms with Gasteiger partial charge in [0.25, 0.3) is 10.0 Å². The summed E-state index contributed by atoms with van der Waals surface area (Å²) in [6.07, 6.45) is 8.16. The molecule has 0 atom stereocenters. The maximum atomic E-state index is 13.8. The molecule has 2 aliphatic rings. The topological polar surface area (TPSA) is 114 Å². The van der Waals surface area contributed by atoms with Crippen molar-refractivity contribution >= 4 is 49.3 Å². The molecule has 3 aromatic heterocycles. The predicted molar refractivity (Wildman–Crippen MR) is 155 cm³/mol. The number of hydrogen-bond acceptors (Lipinski definition) is 9. The molecule has 4 heterocycles. The second kappa shape index (κ2) is 10.1. The van der Waals surface area contributed by atoms with Crippen LogP contribution in [0.2, 0.25) is 0 Å². The summed E-state index contributed by atoms with van der Waals surface area (Å²) in [5, 5.41) is 8.04. The number of ether oxygens (including phenoxy) is 1. The van der Waals surface area contributed by atoms with Gasteiger partial charge in [0.05, 0.1) is 17.3 Å². The van der Waals surface area contributed by atoms with Crippen LogP contribution >= 0.6 is 0 Å². The summed E-state index contributed by atoms with van der Waals surface area (Å²) >= 11 is 0. The van der Waals surface area contributed by atoms with E-state index in [1.165, 1.54) is 16.6 Å². The molecule has 1 aliphatic carbocycles. The molecule has 1 saturated heterocycles. The number of piperazine rings is 1. The van der Waals surface area contributed by atoms with Crippen molar-refractivity contribution in [3.63, 3.8) is 0 Å². The Kier molecular flexibility index (Phi) is 6.24. The molecule has 11 heteroatoms. The fourth-order valence-corrected chi connectivity index (χ4v) is 6.63. The van der Waals surface area contributed by atoms with Crippen molar-refractivity contribution in [1.82, 2.24) is 24.2 Å². The average Bonchev–Trinajstić information content (AvgIpc) is 3.40. The standard InChI is InChI=1S/C29H29N7O3S/c37-40(38,26-8-1-4-20-5-3-12-31-27(20)26)36-15-11-21-19-32-29(34-28(21)36)33-24-10-9-22(35-16-13-30-14-17-35)18-25(24)39-23-6-2-7-23/h1,3-5,8-12,15,18-19,23,30H,2,6-7,13-14,16-17H2,(H,32,33,34). The average molecular weight is 556 g/mol. The fourth-order valence-electron chi connectivity index (χ4n) is 5.16. The van der Waals surface area contributed by atoms with E-state index in [4.69, 9.17) is 4.74 Å². The first kappa shape index (κ1) is 24.8. The number of fused-ring (bicyclic) bond motifs is 2. The Bertz CT molecular complexity index is 1810. The molecule has 0 unspecified atom stereocenters. The molecule has 1 aliphatic heterocycles. The van der Waals surface area contributed by atoms with E-state index in [1.807, 2.05) is 18.2 Å². The maximum absolute atomic E-state index is 13.8. The number of nitrogens with one attached hydrogen (secondary N) is 2. The van der Waals surface area contributed by atoms with Gasteiger partial charge in [0.1, 0.15) is 10.6 Å². The van der Waals surface area contributed by atoms with E-state index >= 15 is 0 Å². The van der Waals surface area contributed by atoms with Crippen LogP contribution in [0.5, 0.6) is 5.75 Å². The summed E-state index contributed by atoms with van der Waals surface area (Å²) in [7, 11) is -3.98. The fraction of sp³-hybridized carbons (Fsp3) is 0.276. The first-order valence-electron chi connectivity index (χ1n) is 13.5. The van der Waals surface area contributed by atoms with Crippen LogP contribution in [-0.4, -0.2) is 59.6 Å². The lowest BCUT2D eigenvalue weighted by molar-refractivity contribution is 0.121. The Labute approximate surface area is 232 Å². The molecule has 204 valence electrons. The number of pyridine rings is 1. The largest absolute Gasteiger partial charge is 0.488 e. The number of aromatic nitrogens is 4. The molecule has 0 spiro atoms. The molecule has 2 fully saturated rings. The lowest BCUT2D eigenvalue weighted by Gasteiger charge is -2.31. The van der Waals surface area contributed by atoms with Crippen molar-refractivity contribution in [2.75, 3.05) is 36.4 Å². The normalized spacial score (nSPS) is 16.2. The summed E-state index contributed by atoms with van der Waals surface area (Å²) in [6, 6.07) is 16.6. The highest BCUT2D eigenvalue weighted by molar-refractivity contribution is 7.90. The van der Waals surface area contributed by atoms with Gasteiger partial charge in [-0.3, -0.25) is 4.98 Å². The number of para-hydroxylation sites is 1. The zero-order chi connectivity index (χ0) is 27.1. The highest BCUT2D eigenvalue weighted by Crippen LogP contribution is 2.36. The highest BCUT2D eigenvalue weighted by atomic mass is 32.2. The smallest absolute Gasteiger partial charge is 0.271 e. The highest BCUT2D eigenvalue weighted by Gasteiger charge is 2.24. The lowest BCUT2D eigenvalue weighted by Crippen LogP contribution is -2.43. The van der Waals surface area contributed by atoms with Gasteiger partial charge in [-0.1, -0.05) is 18.2 Å². The van der Waals surface area contributed by atoms with Crippen molar-refractivity contribution in [2.45, 2.75) is 30.3 Å². The summed E-state index contributed by atoms with van der Waals surface area (Å²) < 4.78 is 35.2. The van der Waals surface area contributed by atoms with Crippen molar-refractivity contribution in [2.24, 2.45) is 0 Å². The maximum Gasteiger partial charge on any atom is 0.271 e. The van der Waals surface area contributed by atoms with Gasteiger partial charge in [0, 0.05) is 67.3 Å². The molecule has 5 aromatic rings. The first-order chi connectivity index (χ1) is 19.6. The molecular formula is C29H29N7O3S. The van der Waals surface area contributed by atoms with Gasteiger partial charge in [0.2, 0.25) is 5.95 Å². The van der Waals surface area contributed by atoms with E-state index in [0.717, 1.165) is 61.5 Å². The minimum atomic E-state index is -3.98. The lowest BCUT2D eigenvalue weighted by atomic mass is 9.96. The van der Waals surface area contributed by atoms with Crippen molar-refractivity contribution < 1.29 is 13.2 Å². The third kappa shape index (κ3) is 4.50. The van der Waals surface area contributed by atoms with Crippen LogP contribution in [0.1, 0.15) is 19.3 Å². The number of benzene rings is 2. The van der Waals surface area contributed by atoms with E-state index in [2.05, 4.69) is 42.6 Å². The third-order valence-electron chi connectivity index (χ3n) is 7.57. The zero-order valence-corrected chi connectivity index (χ0v) is 22.6. The van der Waals surface area contributed by atoms with E-state index in [0.29, 0.717) is 10.9 Å². The molecule has 0 bridgehead atoms. The molecule has 40 heavy (non-hydrogen) atoms. The zero-order valence-electron chi connectivity index (χ0n) is 21.8. The molecular weight excluding hydrogens is 526 g/mol. The number of rotatable bonds is 7. The summed E-state index contributed by atoms with van der Waals surface area (Å²) in [5.41, 5.74) is 2.55. The molecule has 2 N–H and O–H groups in total. The van der Waals surface area contributed by atoms with Crippen molar-refractivity contribution in [3.8, 4) is 5.75 Å².